The van der Waals surface area contributed by atoms with E-state index >= 15 is 0 Å². The molecule has 2 atom stereocenters. The minimum absolute atomic E-state index is 0.106. The largest absolute Gasteiger partial charge is 0.349 e. The van der Waals surface area contributed by atoms with E-state index in [0.29, 0.717) is 9.80 Å². The lowest BCUT2D eigenvalue weighted by Gasteiger charge is -2.28. The van der Waals surface area contributed by atoms with Crippen molar-refractivity contribution in [2.75, 3.05) is 26.9 Å². The van der Waals surface area contributed by atoms with Gasteiger partial charge in [0, 0.05) is 0 Å². The molecule has 1 aliphatic rings. The summed E-state index contributed by atoms with van der Waals surface area (Å²) in [6.45, 7) is 5.86. The van der Waals surface area contributed by atoms with E-state index in [9.17, 15) is 8.42 Å². The van der Waals surface area contributed by atoms with Crippen LogP contribution in [0.4, 0.5) is 0 Å². The van der Waals surface area contributed by atoms with E-state index in [1.165, 1.54) is 0 Å². The summed E-state index contributed by atoms with van der Waals surface area (Å²) in [6.07, 6.45) is 6.85. The van der Waals surface area contributed by atoms with Crippen molar-refractivity contribution in [3.8, 4) is 0 Å². The second-order valence-electron chi connectivity index (χ2n) is 4.99. The van der Waals surface area contributed by atoms with Gasteiger partial charge in [-0.05, 0) is 25.1 Å². The SMILES string of the molecule is C=CC=C/C(=C\C)[S@@](=O)N1COCN([S@@](=O)c2ccccc2)COC1. The number of allylic oxidation sites excluding steroid dienone is 4. The highest BCUT2D eigenvalue weighted by atomic mass is 32.2. The zero-order valence-corrected chi connectivity index (χ0v) is 15.7. The molecule has 1 fully saturated rings. The Morgan fingerprint density at radius 2 is 1.68 bits per heavy atom. The normalized spacial score (nSPS) is 20.8. The summed E-state index contributed by atoms with van der Waals surface area (Å²) >= 11 is 0. The third-order valence-electron chi connectivity index (χ3n) is 3.24. The van der Waals surface area contributed by atoms with E-state index in [1.807, 2.05) is 25.1 Å². The van der Waals surface area contributed by atoms with Gasteiger partial charge in [0.15, 0.2) is 0 Å². The van der Waals surface area contributed by atoms with Gasteiger partial charge in [-0.15, -0.1) is 0 Å². The first-order valence-corrected chi connectivity index (χ1v) is 9.88. The fourth-order valence-corrected chi connectivity index (χ4v) is 4.07. The van der Waals surface area contributed by atoms with Crippen molar-refractivity contribution in [2.45, 2.75) is 11.8 Å². The number of ether oxygens (including phenoxy) is 2. The van der Waals surface area contributed by atoms with Crippen LogP contribution in [0.15, 0.2) is 71.0 Å². The van der Waals surface area contributed by atoms with Crippen LogP contribution in [-0.2, 0) is 31.4 Å². The quantitative estimate of drug-likeness (QED) is 0.710. The fraction of sp³-hybridized carbons (Fsp3) is 0.294. The topological polar surface area (TPSA) is 59.1 Å². The van der Waals surface area contributed by atoms with Crippen LogP contribution < -0.4 is 0 Å². The van der Waals surface area contributed by atoms with Crippen molar-refractivity contribution in [1.82, 2.24) is 8.61 Å². The molecule has 0 radical (unpaired) electrons. The first-order valence-electron chi connectivity index (χ1n) is 7.67. The van der Waals surface area contributed by atoms with Crippen LogP contribution in [0.1, 0.15) is 6.92 Å². The van der Waals surface area contributed by atoms with Gasteiger partial charge in [0.1, 0.15) is 48.9 Å². The molecule has 136 valence electrons. The van der Waals surface area contributed by atoms with E-state index in [2.05, 4.69) is 6.58 Å². The van der Waals surface area contributed by atoms with E-state index in [4.69, 9.17) is 9.47 Å². The van der Waals surface area contributed by atoms with Crippen molar-refractivity contribution in [3.05, 3.63) is 66.1 Å². The molecule has 1 aromatic rings. The van der Waals surface area contributed by atoms with Crippen molar-refractivity contribution < 1.29 is 17.9 Å². The maximum Gasteiger partial charge on any atom is 0.131 e. The summed E-state index contributed by atoms with van der Waals surface area (Å²) in [7, 11) is -2.78. The van der Waals surface area contributed by atoms with Gasteiger partial charge in [-0.25, -0.2) is 8.42 Å². The average molecular weight is 383 g/mol. The van der Waals surface area contributed by atoms with Gasteiger partial charge in [0.2, 0.25) is 0 Å². The van der Waals surface area contributed by atoms with Gasteiger partial charge in [-0.3, -0.25) is 0 Å². The predicted octanol–water partition coefficient (Wildman–Crippen LogP) is 2.50. The first kappa shape index (κ1) is 19.9. The molecule has 0 bridgehead atoms. The van der Waals surface area contributed by atoms with Crippen molar-refractivity contribution in [1.29, 1.82) is 0 Å². The molecule has 0 aliphatic carbocycles. The van der Waals surface area contributed by atoms with Crippen LogP contribution >= 0.6 is 0 Å². The molecule has 0 N–H and O–H groups in total. The van der Waals surface area contributed by atoms with Crippen LogP contribution in [0.2, 0.25) is 0 Å². The summed E-state index contributed by atoms with van der Waals surface area (Å²) in [6, 6.07) is 9.12. The highest BCUT2D eigenvalue weighted by molar-refractivity contribution is 7.86. The number of rotatable bonds is 6. The molecule has 1 aromatic carbocycles. The zero-order valence-electron chi connectivity index (χ0n) is 14.1. The first-order chi connectivity index (χ1) is 12.2. The Bertz CT molecular complexity index is 666. The highest BCUT2D eigenvalue weighted by Gasteiger charge is 2.22. The third-order valence-corrected chi connectivity index (χ3v) is 6.05. The molecule has 2 rings (SSSR count). The predicted molar refractivity (Wildman–Crippen MR) is 99.4 cm³/mol. The second kappa shape index (κ2) is 10.5. The van der Waals surface area contributed by atoms with E-state index in [-0.39, 0.29) is 26.9 Å². The van der Waals surface area contributed by atoms with Gasteiger partial charge in [0.25, 0.3) is 0 Å². The highest BCUT2D eigenvalue weighted by Crippen LogP contribution is 2.15. The summed E-state index contributed by atoms with van der Waals surface area (Å²) in [5.74, 6) is 0. The van der Waals surface area contributed by atoms with Gasteiger partial charge in [0.05, 0.1) is 9.80 Å². The number of hydrogen-bond acceptors (Lipinski definition) is 4. The molecule has 0 unspecified atom stereocenters. The third kappa shape index (κ3) is 5.81. The monoisotopic (exact) mass is 382 g/mol. The summed E-state index contributed by atoms with van der Waals surface area (Å²) in [5.41, 5.74) is 0. The van der Waals surface area contributed by atoms with Crippen molar-refractivity contribution >= 4 is 22.0 Å². The molecule has 8 heteroatoms. The molecule has 1 saturated heterocycles. The molecule has 6 nitrogen and oxygen atoms in total. The summed E-state index contributed by atoms with van der Waals surface area (Å²) in [4.78, 5) is 1.32. The molecular formula is C17H22N2O4S2. The van der Waals surface area contributed by atoms with Crippen molar-refractivity contribution in [3.63, 3.8) is 0 Å². The Labute approximate surface area is 153 Å². The van der Waals surface area contributed by atoms with Crippen molar-refractivity contribution in [2.24, 2.45) is 0 Å². The summed E-state index contributed by atoms with van der Waals surface area (Å²) < 4.78 is 39.4. The lowest BCUT2D eigenvalue weighted by atomic mass is 10.4. The summed E-state index contributed by atoms with van der Waals surface area (Å²) in [5, 5.41) is 0. The maximum absolute atomic E-state index is 12.6. The lowest BCUT2D eigenvalue weighted by molar-refractivity contribution is -0.0843. The van der Waals surface area contributed by atoms with Crippen LogP contribution in [0.5, 0.6) is 0 Å². The van der Waals surface area contributed by atoms with Crippen LogP contribution in [-0.4, -0.2) is 44.0 Å². The molecule has 0 saturated carbocycles. The van der Waals surface area contributed by atoms with Gasteiger partial charge >= 0.3 is 0 Å². The molecule has 0 aromatic heterocycles. The average Bonchev–Trinajstić information content (AvgIpc) is 2.62. The number of nitrogens with zero attached hydrogens (tertiary/aromatic N) is 2. The van der Waals surface area contributed by atoms with Crippen LogP contribution in [0.3, 0.4) is 0 Å². The molecule has 25 heavy (non-hydrogen) atoms. The van der Waals surface area contributed by atoms with Crippen LogP contribution in [0.25, 0.3) is 0 Å². The molecule has 1 heterocycles. The molecule has 1 aliphatic heterocycles. The second-order valence-corrected chi connectivity index (χ2v) is 7.96. The Morgan fingerprint density at radius 1 is 1.08 bits per heavy atom. The molecular weight excluding hydrogens is 360 g/mol. The smallest absolute Gasteiger partial charge is 0.131 e. The number of hydrogen-bond donors (Lipinski definition) is 0. The van der Waals surface area contributed by atoms with E-state index in [0.717, 1.165) is 0 Å². The molecule has 0 amide bonds. The Hall–Kier alpha value is -1.42. The van der Waals surface area contributed by atoms with Gasteiger partial charge < -0.3 is 9.47 Å². The van der Waals surface area contributed by atoms with Gasteiger partial charge in [-0.2, -0.15) is 8.61 Å². The zero-order chi connectivity index (χ0) is 18.1. The Balaban J connectivity index is 1.96. The van der Waals surface area contributed by atoms with E-state index in [1.54, 1.807) is 45.0 Å². The van der Waals surface area contributed by atoms with Gasteiger partial charge in [-0.1, -0.05) is 43.0 Å². The Kier molecular flexibility index (Phi) is 8.39. The van der Waals surface area contributed by atoms with E-state index < -0.39 is 22.0 Å². The molecule has 0 spiro atoms. The lowest BCUT2D eigenvalue weighted by Crippen LogP contribution is -2.41. The Morgan fingerprint density at radius 3 is 2.24 bits per heavy atom. The minimum atomic E-state index is -1.41. The van der Waals surface area contributed by atoms with Crippen LogP contribution in [0, 0.1) is 0 Å². The maximum atomic E-state index is 12.6. The number of benzene rings is 1. The standard InChI is InChI=1S/C17H22N2O4S2/c1-3-5-9-16(4-2)24(20)18-12-22-14-19(15-23-13-18)25(21)17-10-7-6-8-11-17/h3-11H,1,12-15H2,2H3/b9-5?,16-4+/t24-,25+/m1/s1. The fourth-order valence-electron chi connectivity index (χ4n) is 2.01. The minimum Gasteiger partial charge on any atom is -0.349 e.